The SMILES string of the molecule is CNC(Cc1ccc(Cl)cc1)c1cc2ccccc2o1. The first-order chi connectivity index (χ1) is 9.76. The number of benzene rings is 2. The molecule has 0 spiro atoms. The Hall–Kier alpha value is -1.77. The Morgan fingerprint density at radius 2 is 1.85 bits per heavy atom. The molecular weight excluding hydrogens is 270 g/mol. The van der Waals surface area contributed by atoms with Crippen molar-refractivity contribution in [3.8, 4) is 0 Å². The van der Waals surface area contributed by atoms with E-state index in [0.29, 0.717) is 0 Å². The number of likely N-dealkylation sites (N-methyl/N-ethyl adjacent to an activating group) is 1. The van der Waals surface area contributed by atoms with Crippen molar-refractivity contribution < 1.29 is 4.42 Å². The van der Waals surface area contributed by atoms with Gasteiger partial charge in [-0.15, -0.1) is 0 Å². The molecule has 0 aliphatic rings. The number of furan rings is 1. The summed E-state index contributed by atoms with van der Waals surface area (Å²) in [4.78, 5) is 0. The second kappa shape index (κ2) is 5.70. The molecule has 1 atom stereocenters. The minimum Gasteiger partial charge on any atom is -0.459 e. The van der Waals surface area contributed by atoms with E-state index in [-0.39, 0.29) is 6.04 Å². The van der Waals surface area contributed by atoms with E-state index >= 15 is 0 Å². The zero-order chi connectivity index (χ0) is 13.9. The molecule has 102 valence electrons. The molecule has 0 saturated heterocycles. The summed E-state index contributed by atoms with van der Waals surface area (Å²) >= 11 is 5.92. The third-order valence-electron chi connectivity index (χ3n) is 3.49. The number of fused-ring (bicyclic) bond motifs is 1. The molecule has 0 amide bonds. The highest BCUT2D eigenvalue weighted by Crippen LogP contribution is 2.26. The first-order valence-electron chi connectivity index (χ1n) is 6.66. The molecule has 0 fully saturated rings. The standard InChI is InChI=1S/C17H16ClNO/c1-19-15(10-12-6-8-14(18)9-7-12)17-11-13-4-2-3-5-16(13)20-17/h2-9,11,15,19H,10H2,1H3. The van der Waals surface area contributed by atoms with Crippen LogP contribution in [0.25, 0.3) is 11.0 Å². The van der Waals surface area contributed by atoms with Gasteiger partial charge in [0.15, 0.2) is 0 Å². The van der Waals surface area contributed by atoms with Crippen LogP contribution in [-0.2, 0) is 6.42 Å². The fourth-order valence-corrected chi connectivity index (χ4v) is 2.50. The van der Waals surface area contributed by atoms with E-state index in [1.54, 1.807) is 0 Å². The van der Waals surface area contributed by atoms with Crippen molar-refractivity contribution in [2.24, 2.45) is 0 Å². The second-order valence-corrected chi connectivity index (χ2v) is 5.29. The van der Waals surface area contributed by atoms with Crippen LogP contribution in [0, 0.1) is 0 Å². The van der Waals surface area contributed by atoms with E-state index in [0.717, 1.165) is 28.2 Å². The van der Waals surface area contributed by atoms with Gasteiger partial charge in [-0.3, -0.25) is 0 Å². The van der Waals surface area contributed by atoms with Gasteiger partial charge in [-0.2, -0.15) is 0 Å². The normalized spacial score (nSPS) is 12.7. The molecule has 2 nitrogen and oxygen atoms in total. The average molecular weight is 286 g/mol. The van der Waals surface area contributed by atoms with Crippen LogP contribution in [0.4, 0.5) is 0 Å². The number of nitrogens with one attached hydrogen (secondary N) is 1. The summed E-state index contributed by atoms with van der Waals surface area (Å²) in [5, 5.41) is 5.22. The summed E-state index contributed by atoms with van der Waals surface area (Å²) in [6.07, 6.45) is 0.869. The lowest BCUT2D eigenvalue weighted by Gasteiger charge is -2.13. The van der Waals surface area contributed by atoms with Crippen molar-refractivity contribution in [1.82, 2.24) is 5.32 Å². The molecule has 1 heterocycles. The van der Waals surface area contributed by atoms with Gasteiger partial charge in [0.05, 0.1) is 6.04 Å². The number of rotatable bonds is 4. The monoisotopic (exact) mass is 285 g/mol. The van der Waals surface area contributed by atoms with E-state index in [2.05, 4.69) is 29.6 Å². The van der Waals surface area contributed by atoms with Crippen molar-refractivity contribution >= 4 is 22.6 Å². The van der Waals surface area contributed by atoms with E-state index in [1.165, 1.54) is 5.56 Å². The zero-order valence-electron chi connectivity index (χ0n) is 11.3. The molecule has 3 aromatic rings. The highest BCUT2D eigenvalue weighted by Gasteiger charge is 2.15. The summed E-state index contributed by atoms with van der Waals surface area (Å²) in [5.74, 6) is 0.962. The summed E-state index contributed by atoms with van der Waals surface area (Å²) < 4.78 is 5.93. The average Bonchev–Trinajstić information content (AvgIpc) is 2.90. The van der Waals surface area contributed by atoms with Gasteiger partial charge >= 0.3 is 0 Å². The predicted molar refractivity (Wildman–Crippen MR) is 83.2 cm³/mol. The first kappa shape index (κ1) is 13.2. The summed E-state index contributed by atoms with van der Waals surface area (Å²) in [6, 6.07) is 18.3. The van der Waals surface area contributed by atoms with Gasteiger partial charge in [0.1, 0.15) is 11.3 Å². The number of hydrogen-bond donors (Lipinski definition) is 1. The summed E-state index contributed by atoms with van der Waals surface area (Å²) in [5.41, 5.74) is 2.16. The van der Waals surface area contributed by atoms with Crippen molar-refractivity contribution in [3.63, 3.8) is 0 Å². The number of para-hydroxylation sites is 1. The van der Waals surface area contributed by atoms with Crippen molar-refractivity contribution in [1.29, 1.82) is 0 Å². The van der Waals surface area contributed by atoms with Crippen LogP contribution in [-0.4, -0.2) is 7.05 Å². The van der Waals surface area contributed by atoms with E-state index in [9.17, 15) is 0 Å². The molecule has 1 aromatic heterocycles. The van der Waals surface area contributed by atoms with Crippen LogP contribution >= 0.6 is 11.6 Å². The van der Waals surface area contributed by atoms with Crippen LogP contribution < -0.4 is 5.32 Å². The molecule has 1 unspecified atom stereocenters. The van der Waals surface area contributed by atoms with E-state index in [4.69, 9.17) is 16.0 Å². The Kier molecular flexibility index (Phi) is 3.77. The first-order valence-corrected chi connectivity index (χ1v) is 7.04. The Bertz CT molecular complexity index is 669. The van der Waals surface area contributed by atoms with Gasteiger partial charge in [0.2, 0.25) is 0 Å². The topological polar surface area (TPSA) is 25.2 Å². The van der Waals surface area contributed by atoms with Crippen molar-refractivity contribution in [2.45, 2.75) is 12.5 Å². The maximum absolute atomic E-state index is 5.93. The van der Waals surface area contributed by atoms with Gasteiger partial charge in [0.25, 0.3) is 0 Å². The van der Waals surface area contributed by atoms with Gasteiger partial charge in [-0.1, -0.05) is 41.9 Å². The van der Waals surface area contributed by atoms with Crippen LogP contribution in [0.15, 0.2) is 59.0 Å². The molecule has 0 bridgehead atoms. The minimum atomic E-state index is 0.156. The smallest absolute Gasteiger partial charge is 0.134 e. The maximum atomic E-state index is 5.93. The molecule has 3 rings (SSSR count). The largest absolute Gasteiger partial charge is 0.459 e. The molecular formula is C17H16ClNO. The molecule has 0 aliphatic carbocycles. The van der Waals surface area contributed by atoms with Gasteiger partial charge < -0.3 is 9.73 Å². The Labute approximate surface area is 123 Å². The van der Waals surface area contributed by atoms with E-state index < -0.39 is 0 Å². The maximum Gasteiger partial charge on any atom is 0.134 e. The van der Waals surface area contributed by atoms with Crippen LogP contribution in [0.5, 0.6) is 0 Å². The lowest BCUT2D eigenvalue weighted by Crippen LogP contribution is -2.18. The third kappa shape index (κ3) is 2.72. The lowest BCUT2D eigenvalue weighted by atomic mass is 10.0. The molecule has 1 N–H and O–H groups in total. The van der Waals surface area contributed by atoms with Gasteiger partial charge in [-0.05, 0) is 43.3 Å². The van der Waals surface area contributed by atoms with Gasteiger partial charge in [0, 0.05) is 10.4 Å². The highest BCUT2D eigenvalue weighted by atomic mass is 35.5. The number of halogens is 1. The Morgan fingerprint density at radius 3 is 2.55 bits per heavy atom. The molecule has 0 aliphatic heterocycles. The van der Waals surface area contributed by atoms with Gasteiger partial charge in [-0.25, -0.2) is 0 Å². The summed E-state index contributed by atoms with van der Waals surface area (Å²) in [6.45, 7) is 0. The van der Waals surface area contributed by atoms with Crippen molar-refractivity contribution in [2.75, 3.05) is 7.05 Å². The molecule has 2 aromatic carbocycles. The summed E-state index contributed by atoms with van der Waals surface area (Å²) in [7, 11) is 1.95. The molecule has 0 saturated carbocycles. The number of hydrogen-bond acceptors (Lipinski definition) is 2. The van der Waals surface area contributed by atoms with Crippen LogP contribution in [0.3, 0.4) is 0 Å². The van der Waals surface area contributed by atoms with Crippen molar-refractivity contribution in [3.05, 3.63) is 70.9 Å². The molecule has 20 heavy (non-hydrogen) atoms. The zero-order valence-corrected chi connectivity index (χ0v) is 12.0. The van der Waals surface area contributed by atoms with Crippen LogP contribution in [0.1, 0.15) is 17.4 Å². The fraction of sp³-hybridized carbons (Fsp3) is 0.176. The third-order valence-corrected chi connectivity index (χ3v) is 3.74. The minimum absolute atomic E-state index is 0.156. The van der Waals surface area contributed by atoms with E-state index in [1.807, 2.05) is 37.4 Å². The molecule has 3 heteroatoms. The fourth-order valence-electron chi connectivity index (χ4n) is 2.38. The molecule has 0 radical (unpaired) electrons. The second-order valence-electron chi connectivity index (χ2n) is 4.86. The Balaban J connectivity index is 1.87. The Morgan fingerprint density at radius 1 is 1.10 bits per heavy atom. The lowest BCUT2D eigenvalue weighted by molar-refractivity contribution is 0.451. The quantitative estimate of drug-likeness (QED) is 0.758. The van der Waals surface area contributed by atoms with Crippen LogP contribution in [0.2, 0.25) is 5.02 Å². The predicted octanol–water partition coefficient (Wildman–Crippen LogP) is 4.59. The highest BCUT2D eigenvalue weighted by molar-refractivity contribution is 6.30.